The SMILES string of the molecule is CC1CCC(C(=O)N(c2cc3c(cc2C(=O)O)oc2ccc(CO)cc23)C(C)C)CC1. The molecule has 2 aromatic carbocycles. The van der Waals surface area contributed by atoms with E-state index < -0.39 is 5.97 Å². The summed E-state index contributed by atoms with van der Waals surface area (Å²) in [7, 11) is 0. The standard InChI is InChI=1S/C25H29NO5/c1-14(2)26(24(28)17-7-4-15(3)5-8-17)21-11-19-18-10-16(13-27)6-9-22(18)31-23(19)12-20(21)25(29)30/h6,9-12,14-15,17,27H,4-5,7-8,13H2,1-3H3,(H,29,30). The Morgan fingerprint density at radius 2 is 1.74 bits per heavy atom. The number of aromatic carboxylic acids is 1. The molecule has 1 heterocycles. The molecule has 0 aliphatic heterocycles. The Kier molecular flexibility index (Phi) is 5.75. The molecule has 0 radical (unpaired) electrons. The van der Waals surface area contributed by atoms with Crippen molar-refractivity contribution in [3.63, 3.8) is 0 Å². The van der Waals surface area contributed by atoms with E-state index in [1.165, 1.54) is 6.07 Å². The quantitative estimate of drug-likeness (QED) is 0.578. The Morgan fingerprint density at radius 1 is 1.06 bits per heavy atom. The maximum Gasteiger partial charge on any atom is 0.337 e. The van der Waals surface area contributed by atoms with Crippen LogP contribution >= 0.6 is 0 Å². The minimum atomic E-state index is -1.09. The zero-order valence-corrected chi connectivity index (χ0v) is 18.2. The summed E-state index contributed by atoms with van der Waals surface area (Å²) in [6, 6.07) is 8.48. The third-order valence-corrected chi connectivity index (χ3v) is 6.44. The molecular weight excluding hydrogens is 394 g/mol. The van der Waals surface area contributed by atoms with Crippen molar-refractivity contribution in [1.29, 1.82) is 0 Å². The number of aliphatic hydroxyl groups is 1. The van der Waals surface area contributed by atoms with Gasteiger partial charge in [0.15, 0.2) is 0 Å². The highest BCUT2D eigenvalue weighted by molar-refractivity contribution is 6.12. The molecule has 31 heavy (non-hydrogen) atoms. The van der Waals surface area contributed by atoms with Crippen LogP contribution in [0, 0.1) is 11.8 Å². The number of hydrogen-bond donors (Lipinski definition) is 2. The van der Waals surface area contributed by atoms with E-state index in [0.717, 1.165) is 42.0 Å². The number of rotatable bonds is 5. The highest BCUT2D eigenvalue weighted by Gasteiger charge is 2.32. The van der Waals surface area contributed by atoms with Gasteiger partial charge < -0.3 is 19.5 Å². The van der Waals surface area contributed by atoms with Gasteiger partial charge in [0.1, 0.15) is 11.2 Å². The molecule has 0 spiro atoms. The van der Waals surface area contributed by atoms with E-state index in [0.29, 0.717) is 22.8 Å². The minimum Gasteiger partial charge on any atom is -0.478 e. The van der Waals surface area contributed by atoms with E-state index >= 15 is 0 Å². The Hall–Kier alpha value is -2.86. The molecule has 1 fully saturated rings. The average molecular weight is 424 g/mol. The second kappa shape index (κ2) is 8.35. The number of hydrogen-bond acceptors (Lipinski definition) is 4. The molecule has 6 nitrogen and oxygen atoms in total. The van der Waals surface area contributed by atoms with Crippen LogP contribution in [0.1, 0.15) is 62.4 Å². The number of carboxylic acid groups (broad SMARTS) is 1. The van der Waals surface area contributed by atoms with Gasteiger partial charge in [0.2, 0.25) is 5.91 Å². The van der Waals surface area contributed by atoms with Crippen molar-refractivity contribution in [3.8, 4) is 0 Å². The lowest BCUT2D eigenvalue weighted by atomic mass is 9.82. The second-order valence-corrected chi connectivity index (χ2v) is 9.02. The number of benzene rings is 2. The Bertz CT molecular complexity index is 1140. The van der Waals surface area contributed by atoms with Crippen molar-refractivity contribution in [2.45, 2.75) is 59.1 Å². The van der Waals surface area contributed by atoms with E-state index in [-0.39, 0.29) is 30.0 Å². The number of aliphatic hydroxyl groups excluding tert-OH is 1. The summed E-state index contributed by atoms with van der Waals surface area (Å²) in [5.41, 5.74) is 2.27. The van der Waals surface area contributed by atoms with Gasteiger partial charge in [0.25, 0.3) is 0 Å². The monoisotopic (exact) mass is 423 g/mol. The van der Waals surface area contributed by atoms with E-state index in [1.54, 1.807) is 23.1 Å². The lowest BCUT2D eigenvalue weighted by molar-refractivity contribution is -0.123. The average Bonchev–Trinajstić information content (AvgIpc) is 3.10. The molecule has 4 rings (SSSR count). The minimum absolute atomic E-state index is 0.00685. The Morgan fingerprint density at radius 3 is 2.35 bits per heavy atom. The third kappa shape index (κ3) is 3.92. The Labute approximate surface area is 181 Å². The maximum atomic E-state index is 13.5. The molecular formula is C25H29NO5. The molecule has 1 aromatic heterocycles. The first-order valence-corrected chi connectivity index (χ1v) is 11.0. The van der Waals surface area contributed by atoms with Crippen LogP contribution in [0.25, 0.3) is 21.9 Å². The molecule has 0 atom stereocenters. The van der Waals surface area contributed by atoms with E-state index in [4.69, 9.17) is 4.42 Å². The smallest absolute Gasteiger partial charge is 0.337 e. The van der Waals surface area contributed by atoms with Gasteiger partial charge >= 0.3 is 5.97 Å². The number of amides is 1. The van der Waals surface area contributed by atoms with Crippen molar-refractivity contribution in [2.24, 2.45) is 11.8 Å². The number of nitrogens with zero attached hydrogens (tertiary/aromatic N) is 1. The molecule has 164 valence electrons. The predicted octanol–water partition coefficient (Wildman–Crippen LogP) is 5.34. The first-order valence-electron chi connectivity index (χ1n) is 11.0. The predicted molar refractivity (Wildman–Crippen MR) is 120 cm³/mol. The van der Waals surface area contributed by atoms with Gasteiger partial charge in [-0.25, -0.2) is 4.79 Å². The molecule has 0 unspecified atom stereocenters. The highest BCUT2D eigenvalue weighted by Crippen LogP contribution is 2.38. The molecule has 1 amide bonds. The molecule has 1 aliphatic carbocycles. The zero-order valence-electron chi connectivity index (χ0n) is 18.2. The van der Waals surface area contributed by atoms with E-state index in [2.05, 4.69) is 6.92 Å². The molecule has 3 aromatic rings. The van der Waals surface area contributed by atoms with Gasteiger partial charge in [0, 0.05) is 22.7 Å². The fourth-order valence-electron chi connectivity index (χ4n) is 4.68. The van der Waals surface area contributed by atoms with Crippen LogP contribution in [-0.4, -0.2) is 28.1 Å². The first-order chi connectivity index (χ1) is 14.8. The van der Waals surface area contributed by atoms with Crippen LogP contribution in [0.3, 0.4) is 0 Å². The number of furan rings is 1. The molecule has 0 saturated heterocycles. The van der Waals surface area contributed by atoms with Gasteiger partial charge in [0.05, 0.1) is 17.9 Å². The normalized spacial score (nSPS) is 19.3. The van der Waals surface area contributed by atoms with Crippen LogP contribution in [0.15, 0.2) is 34.7 Å². The van der Waals surface area contributed by atoms with Crippen LogP contribution in [-0.2, 0) is 11.4 Å². The molecule has 1 aliphatic rings. The number of carboxylic acids is 1. The molecule has 2 N–H and O–H groups in total. The summed E-state index contributed by atoms with van der Waals surface area (Å²) in [5, 5.41) is 21.0. The summed E-state index contributed by atoms with van der Waals surface area (Å²) >= 11 is 0. The first kappa shape index (κ1) is 21.4. The van der Waals surface area contributed by atoms with Gasteiger partial charge in [-0.15, -0.1) is 0 Å². The van der Waals surface area contributed by atoms with E-state index in [1.807, 2.05) is 19.9 Å². The number of fused-ring (bicyclic) bond motifs is 3. The summed E-state index contributed by atoms with van der Waals surface area (Å²) in [6.07, 6.45) is 3.71. The van der Waals surface area contributed by atoms with Crippen LogP contribution in [0.2, 0.25) is 0 Å². The van der Waals surface area contributed by atoms with E-state index in [9.17, 15) is 19.8 Å². The van der Waals surface area contributed by atoms with Crippen LogP contribution < -0.4 is 4.90 Å². The number of anilines is 1. The maximum absolute atomic E-state index is 13.5. The molecule has 1 saturated carbocycles. The van der Waals surface area contributed by atoms with Crippen molar-refractivity contribution in [2.75, 3.05) is 4.90 Å². The fraction of sp³-hybridized carbons (Fsp3) is 0.440. The topological polar surface area (TPSA) is 91.0 Å². The number of carbonyl (C=O) groups excluding carboxylic acids is 1. The summed E-state index contributed by atoms with van der Waals surface area (Å²) < 4.78 is 5.88. The van der Waals surface area contributed by atoms with Gasteiger partial charge in [-0.1, -0.05) is 13.0 Å². The van der Waals surface area contributed by atoms with Gasteiger partial charge in [-0.05, 0) is 75.3 Å². The van der Waals surface area contributed by atoms with Crippen molar-refractivity contribution in [1.82, 2.24) is 0 Å². The van der Waals surface area contributed by atoms with Crippen LogP contribution in [0.4, 0.5) is 5.69 Å². The van der Waals surface area contributed by atoms with Gasteiger partial charge in [-0.2, -0.15) is 0 Å². The third-order valence-electron chi connectivity index (χ3n) is 6.44. The highest BCUT2D eigenvalue weighted by atomic mass is 16.4. The second-order valence-electron chi connectivity index (χ2n) is 9.02. The lowest BCUT2D eigenvalue weighted by Gasteiger charge is -2.34. The van der Waals surface area contributed by atoms with Crippen molar-refractivity contribution < 1.29 is 24.2 Å². The molecule has 0 bridgehead atoms. The summed E-state index contributed by atoms with van der Waals surface area (Å²) in [5.74, 6) is -0.560. The molecule has 6 heteroatoms. The fourth-order valence-corrected chi connectivity index (χ4v) is 4.68. The van der Waals surface area contributed by atoms with Crippen molar-refractivity contribution >= 4 is 39.5 Å². The Balaban J connectivity index is 1.87. The number of carbonyl (C=O) groups is 2. The van der Waals surface area contributed by atoms with Crippen molar-refractivity contribution in [3.05, 3.63) is 41.5 Å². The lowest BCUT2D eigenvalue weighted by Crippen LogP contribution is -2.42. The summed E-state index contributed by atoms with van der Waals surface area (Å²) in [6.45, 7) is 5.94. The van der Waals surface area contributed by atoms with Gasteiger partial charge in [-0.3, -0.25) is 4.79 Å². The van der Waals surface area contributed by atoms with Crippen LogP contribution in [0.5, 0.6) is 0 Å². The largest absolute Gasteiger partial charge is 0.478 e. The zero-order chi connectivity index (χ0) is 22.3. The summed E-state index contributed by atoms with van der Waals surface area (Å²) in [4.78, 5) is 27.3.